The number of hydrogen-bond acceptors (Lipinski definition) is 1. The molecule has 0 unspecified atom stereocenters. The Morgan fingerprint density at radius 3 is 0.871 bits per heavy atom. The molecule has 0 aliphatic carbocycles. The van der Waals surface area contributed by atoms with Crippen molar-refractivity contribution in [1.29, 1.82) is 0 Å². The Balaban J connectivity index is 4.34. The van der Waals surface area contributed by atoms with Crippen LogP contribution in [0.2, 0.25) is 0 Å². The highest BCUT2D eigenvalue weighted by Gasteiger charge is 2.27. The standard InChI is InChI=1S/C30H63N/c1-4-7-10-13-16-17-18-21-24-27-30(28-29-31,25-22-19-14-11-8-5-2)26-23-20-15-12-9-6-3/h4-29,31H2,1-3H3. The van der Waals surface area contributed by atoms with Crippen LogP contribution in [-0.2, 0) is 0 Å². The molecular formula is C30H63N. The van der Waals surface area contributed by atoms with Crippen molar-refractivity contribution in [3.63, 3.8) is 0 Å². The molecule has 0 aliphatic rings. The molecule has 188 valence electrons. The maximum atomic E-state index is 6.16. The van der Waals surface area contributed by atoms with Gasteiger partial charge in [0, 0.05) is 0 Å². The van der Waals surface area contributed by atoms with Crippen LogP contribution in [0.5, 0.6) is 0 Å². The van der Waals surface area contributed by atoms with Crippen molar-refractivity contribution in [2.24, 2.45) is 11.1 Å². The molecule has 2 N–H and O–H groups in total. The first-order chi connectivity index (χ1) is 15.2. The van der Waals surface area contributed by atoms with Crippen LogP contribution in [0, 0.1) is 5.41 Å². The fraction of sp³-hybridized carbons (Fsp3) is 1.00. The van der Waals surface area contributed by atoms with Crippen LogP contribution < -0.4 is 5.73 Å². The lowest BCUT2D eigenvalue weighted by Gasteiger charge is -2.34. The normalized spacial score (nSPS) is 12.0. The monoisotopic (exact) mass is 437 g/mol. The van der Waals surface area contributed by atoms with Gasteiger partial charge >= 0.3 is 0 Å². The maximum Gasteiger partial charge on any atom is -0.00720 e. The smallest absolute Gasteiger partial charge is 0.00720 e. The highest BCUT2D eigenvalue weighted by molar-refractivity contribution is 4.80. The minimum absolute atomic E-state index is 0.561. The molecule has 0 aromatic carbocycles. The lowest BCUT2D eigenvalue weighted by molar-refractivity contribution is 0.181. The topological polar surface area (TPSA) is 26.0 Å². The fourth-order valence-corrected chi connectivity index (χ4v) is 5.43. The molecule has 0 radical (unpaired) electrons. The average Bonchev–Trinajstić information content (AvgIpc) is 2.77. The Morgan fingerprint density at radius 2 is 0.613 bits per heavy atom. The van der Waals surface area contributed by atoms with Gasteiger partial charge in [0.2, 0.25) is 0 Å². The molecule has 0 saturated heterocycles. The number of hydrogen-bond donors (Lipinski definition) is 1. The van der Waals surface area contributed by atoms with Gasteiger partial charge in [-0.25, -0.2) is 0 Å². The summed E-state index contributed by atoms with van der Waals surface area (Å²) >= 11 is 0. The molecule has 1 heteroatoms. The molecule has 0 atom stereocenters. The summed E-state index contributed by atoms with van der Waals surface area (Å²) in [5.74, 6) is 0. The Labute approximate surface area is 199 Å². The second kappa shape index (κ2) is 24.6. The van der Waals surface area contributed by atoms with Crippen molar-refractivity contribution in [3.8, 4) is 0 Å². The Hall–Kier alpha value is -0.0400. The molecule has 0 aromatic heterocycles. The minimum Gasteiger partial charge on any atom is -0.330 e. The summed E-state index contributed by atoms with van der Waals surface area (Å²) in [6, 6.07) is 0. The zero-order valence-corrected chi connectivity index (χ0v) is 22.5. The Bertz CT molecular complexity index is 308. The van der Waals surface area contributed by atoms with E-state index in [9.17, 15) is 0 Å². The van der Waals surface area contributed by atoms with E-state index in [1.54, 1.807) is 0 Å². The van der Waals surface area contributed by atoms with Crippen LogP contribution in [0.3, 0.4) is 0 Å². The van der Waals surface area contributed by atoms with Gasteiger partial charge in [0.25, 0.3) is 0 Å². The molecule has 0 fully saturated rings. The van der Waals surface area contributed by atoms with E-state index in [1.165, 1.54) is 161 Å². The predicted octanol–water partition coefficient (Wildman–Crippen LogP) is 10.7. The van der Waals surface area contributed by atoms with E-state index in [0.29, 0.717) is 5.41 Å². The van der Waals surface area contributed by atoms with Crippen LogP contribution in [0.25, 0.3) is 0 Å². The minimum atomic E-state index is 0.561. The van der Waals surface area contributed by atoms with Gasteiger partial charge in [-0.2, -0.15) is 0 Å². The number of nitrogens with two attached hydrogens (primary N) is 1. The predicted molar refractivity (Wildman–Crippen MR) is 144 cm³/mol. The lowest BCUT2D eigenvalue weighted by atomic mass is 9.71. The van der Waals surface area contributed by atoms with E-state index in [2.05, 4.69) is 20.8 Å². The van der Waals surface area contributed by atoms with Gasteiger partial charge in [0.15, 0.2) is 0 Å². The van der Waals surface area contributed by atoms with Crippen molar-refractivity contribution >= 4 is 0 Å². The SMILES string of the molecule is CCCCCCCCCCCC(CCN)(CCCCCCCC)CCCCCCCC. The van der Waals surface area contributed by atoms with E-state index >= 15 is 0 Å². The molecule has 1 nitrogen and oxygen atoms in total. The van der Waals surface area contributed by atoms with Crippen molar-refractivity contribution in [1.82, 2.24) is 0 Å². The van der Waals surface area contributed by atoms with E-state index in [-0.39, 0.29) is 0 Å². The Morgan fingerprint density at radius 1 is 0.355 bits per heavy atom. The van der Waals surface area contributed by atoms with E-state index in [1.807, 2.05) is 0 Å². The summed E-state index contributed by atoms with van der Waals surface area (Å²) < 4.78 is 0. The zero-order valence-electron chi connectivity index (χ0n) is 22.5. The summed E-state index contributed by atoms with van der Waals surface area (Å²) in [5, 5.41) is 0. The number of rotatable bonds is 26. The van der Waals surface area contributed by atoms with Crippen LogP contribution in [0.15, 0.2) is 0 Å². The number of unbranched alkanes of at least 4 members (excludes halogenated alkanes) is 18. The van der Waals surface area contributed by atoms with Gasteiger partial charge in [-0.1, -0.05) is 156 Å². The molecule has 31 heavy (non-hydrogen) atoms. The molecule has 0 rings (SSSR count). The van der Waals surface area contributed by atoms with E-state index < -0.39 is 0 Å². The van der Waals surface area contributed by atoms with Gasteiger partial charge in [-0.3, -0.25) is 0 Å². The summed E-state index contributed by atoms with van der Waals surface area (Å²) in [7, 11) is 0. The van der Waals surface area contributed by atoms with Gasteiger partial charge < -0.3 is 5.73 Å². The van der Waals surface area contributed by atoms with Crippen LogP contribution in [-0.4, -0.2) is 6.54 Å². The molecule has 0 saturated carbocycles. The second-order valence-electron chi connectivity index (χ2n) is 10.7. The third-order valence-electron chi connectivity index (χ3n) is 7.61. The van der Waals surface area contributed by atoms with Gasteiger partial charge in [0.1, 0.15) is 0 Å². The van der Waals surface area contributed by atoms with Crippen LogP contribution in [0.4, 0.5) is 0 Å². The molecule has 0 amide bonds. The molecule has 0 bridgehead atoms. The van der Waals surface area contributed by atoms with Crippen molar-refractivity contribution in [2.75, 3.05) is 6.54 Å². The van der Waals surface area contributed by atoms with E-state index in [0.717, 1.165) is 6.54 Å². The van der Waals surface area contributed by atoms with Gasteiger partial charge in [0.05, 0.1) is 0 Å². The first-order valence-corrected chi connectivity index (χ1v) is 14.9. The third kappa shape index (κ3) is 20.3. The van der Waals surface area contributed by atoms with Crippen molar-refractivity contribution in [3.05, 3.63) is 0 Å². The fourth-order valence-electron chi connectivity index (χ4n) is 5.43. The summed E-state index contributed by atoms with van der Waals surface area (Å²) in [5.41, 5.74) is 6.73. The van der Waals surface area contributed by atoms with Crippen molar-refractivity contribution in [2.45, 2.75) is 181 Å². The third-order valence-corrected chi connectivity index (χ3v) is 7.61. The first kappa shape index (κ1) is 31.0. The Kier molecular flexibility index (Phi) is 24.6. The summed E-state index contributed by atoms with van der Waals surface area (Å²) in [6.07, 6.45) is 35.7. The molecule has 0 spiro atoms. The van der Waals surface area contributed by atoms with E-state index in [4.69, 9.17) is 5.73 Å². The summed E-state index contributed by atoms with van der Waals surface area (Å²) in [4.78, 5) is 0. The van der Waals surface area contributed by atoms with Crippen LogP contribution >= 0.6 is 0 Å². The average molecular weight is 438 g/mol. The zero-order chi connectivity index (χ0) is 22.9. The second-order valence-corrected chi connectivity index (χ2v) is 10.7. The van der Waals surface area contributed by atoms with Crippen molar-refractivity contribution < 1.29 is 0 Å². The molecular weight excluding hydrogens is 374 g/mol. The molecule has 0 aliphatic heterocycles. The largest absolute Gasteiger partial charge is 0.330 e. The maximum absolute atomic E-state index is 6.16. The van der Waals surface area contributed by atoms with Crippen LogP contribution in [0.1, 0.15) is 181 Å². The quantitative estimate of drug-likeness (QED) is 0.134. The highest BCUT2D eigenvalue weighted by atomic mass is 14.5. The van der Waals surface area contributed by atoms with Gasteiger partial charge in [-0.15, -0.1) is 0 Å². The summed E-state index contributed by atoms with van der Waals surface area (Å²) in [6.45, 7) is 7.84. The lowest BCUT2D eigenvalue weighted by Crippen LogP contribution is -2.25. The molecule has 0 heterocycles. The van der Waals surface area contributed by atoms with Gasteiger partial charge in [-0.05, 0) is 37.6 Å². The molecule has 0 aromatic rings. The first-order valence-electron chi connectivity index (χ1n) is 14.9. The highest BCUT2D eigenvalue weighted by Crippen LogP contribution is 2.40.